The third-order valence-corrected chi connectivity index (χ3v) is 3.15. The quantitative estimate of drug-likeness (QED) is 0.792. The molecular formula is C16H15N3O. The number of benzene rings is 1. The molecule has 0 aliphatic heterocycles. The Morgan fingerprint density at radius 3 is 2.45 bits per heavy atom. The van der Waals surface area contributed by atoms with E-state index in [1.165, 1.54) is 0 Å². The van der Waals surface area contributed by atoms with Gasteiger partial charge in [0.1, 0.15) is 0 Å². The molecule has 20 heavy (non-hydrogen) atoms. The van der Waals surface area contributed by atoms with E-state index in [-0.39, 0.29) is 0 Å². The summed E-state index contributed by atoms with van der Waals surface area (Å²) in [5.41, 5.74) is 3.72. The van der Waals surface area contributed by atoms with Crippen molar-refractivity contribution in [1.82, 2.24) is 14.8 Å². The van der Waals surface area contributed by atoms with E-state index in [1.54, 1.807) is 17.8 Å². The van der Waals surface area contributed by atoms with Crippen molar-refractivity contribution in [2.24, 2.45) is 0 Å². The second-order valence-corrected chi connectivity index (χ2v) is 4.66. The van der Waals surface area contributed by atoms with Gasteiger partial charge in [0.2, 0.25) is 0 Å². The molecule has 0 saturated heterocycles. The van der Waals surface area contributed by atoms with E-state index in [0.29, 0.717) is 5.69 Å². The van der Waals surface area contributed by atoms with Gasteiger partial charge in [-0.1, -0.05) is 30.3 Å². The standard InChI is InChI=1S/C16H15N3O/c1-12(20)16-8-7-15(10-17-16)19-11-14(9-18-19)13-5-3-2-4-6-13/h2-12,20H,1H3. The van der Waals surface area contributed by atoms with Gasteiger partial charge in [0.15, 0.2) is 0 Å². The zero-order valence-corrected chi connectivity index (χ0v) is 11.1. The first-order valence-electron chi connectivity index (χ1n) is 6.48. The number of hydrogen-bond donors (Lipinski definition) is 1. The van der Waals surface area contributed by atoms with Gasteiger partial charge in [-0.05, 0) is 24.6 Å². The van der Waals surface area contributed by atoms with Crippen LogP contribution in [0.15, 0.2) is 61.1 Å². The van der Waals surface area contributed by atoms with Gasteiger partial charge < -0.3 is 5.11 Å². The molecule has 1 N–H and O–H groups in total. The number of pyridine rings is 1. The normalized spacial score (nSPS) is 12.3. The first kappa shape index (κ1) is 12.6. The van der Waals surface area contributed by atoms with Gasteiger partial charge >= 0.3 is 0 Å². The average molecular weight is 265 g/mol. The molecule has 0 bridgehead atoms. The smallest absolute Gasteiger partial charge is 0.0931 e. The maximum Gasteiger partial charge on any atom is 0.0931 e. The average Bonchev–Trinajstić information content (AvgIpc) is 2.98. The van der Waals surface area contributed by atoms with Crippen molar-refractivity contribution < 1.29 is 5.11 Å². The monoisotopic (exact) mass is 265 g/mol. The lowest BCUT2D eigenvalue weighted by molar-refractivity contribution is 0.194. The van der Waals surface area contributed by atoms with Crippen LogP contribution >= 0.6 is 0 Å². The minimum atomic E-state index is -0.554. The Hall–Kier alpha value is -2.46. The number of aliphatic hydroxyl groups is 1. The topological polar surface area (TPSA) is 50.9 Å². The molecule has 0 aliphatic carbocycles. The molecule has 100 valence electrons. The van der Waals surface area contributed by atoms with Crippen molar-refractivity contribution in [3.05, 3.63) is 66.7 Å². The van der Waals surface area contributed by atoms with E-state index < -0.39 is 6.10 Å². The molecule has 3 aromatic rings. The molecule has 2 aromatic heterocycles. The van der Waals surface area contributed by atoms with Crippen LogP contribution in [0.5, 0.6) is 0 Å². The zero-order valence-electron chi connectivity index (χ0n) is 11.1. The van der Waals surface area contributed by atoms with E-state index >= 15 is 0 Å². The Morgan fingerprint density at radius 2 is 1.80 bits per heavy atom. The Balaban J connectivity index is 1.90. The third kappa shape index (κ3) is 2.46. The molecule has 1 unspecified atom stereocenters. The number of hydrogen-bond acceptors (Lipinski definition) is 3. The van der Waals surface area contributed by atoms with Crippen LogP contribution < -0.4 is 0 Å². The number of aliphatic hydroxyl groups excluding tert-OH is 1. The van der Waals surface area contributed by atoms with Crippen LogP contribution in [0, 0.1) is 0 Å². The summed E-state index contributed by atoms with van der Waals surface area (Å²) in [4.78, 5) is 4.23. The molecule has 0 fully saturated rings. The third-order valence-electron chi connectivity index (χ3n) is 3.15. The van der Waals surface area contributed by atoms with Gasteiger partial charge in [0.25, 0.3) is 0 Å². The minimum absolute atomic E-state index is 0.554. The van der Waals surface area contributed by atoms with Crippen molar-refractivity contribution >= 4 is 0 Å². The van der Waals surface area contributed by atoms with Gasteiger partial charge in [0, 0.05) is 11.8 Å². The van der Waals surface area contributed by atoms with Crippen LogP contribution in [0.2, 0.25) is 0 Å². The number of aromatic nitrogens is 3. The molecule has 4 heteroatoms. The Bertz CT molecular complexity index is 687. The Kier molecular flexibility index (Phi) is 3.31. The van der Waals surface area contributed by atoms with Gasteiger partial charge in [-0.3, -0.25) is 4.98 Å². The lowest BCUT2D eigenvalue weighted by Crippen LogP contribution is -1.99. The van der Waals surface area contributed by atoms with Crippen molar-refractivity contribution in [3.63, 3.8) is 0 Å². The van der Waals surface area contributed by atoms with E-state index in [4.69, 9.17) is 0 Å². The van der Waals surface area contributed by atoms with Gasteiger partial charge in [-0.2, -0.15) is 5.10 Å². The first-order chi connectivity index (χ1) is 9.74. The van der Waals surface area contributed by atoms with Crippen LogP contribution in [0.3, 0.4) is 0 Å². The molecule has 0 radical (unpaired) electrons. The maximum absolute atomic E-state index is 9.45. The largest absolute Gasteiger partial charge is 0.387 e. The summed E-state index contributed by atoms with van der Waals surface area (Å²) >= 11 is 0. The summed E-state index contributed by atoms with van der Waals surface area (Å²) < 4.78 is 1.78. The van der Waals surface area contributed by atoms with Crippen LogP contribution in [0.4, 0.5) is 0 Å². The SMILES string of the molecule is CC(O)c1ccc(-n2cc(-c3ccccc3)cn2)cn1. The fraction of sp³-hybridized carbons (Fsp3) is 0.125. The second kappa shape index (κ2) is 5.27. The molecule has 2 heterocycles. The van der Waals surface area contributed by atoms with Gasteiger partial charge in [-0.25, -0.2) is 4.68 Å². The number of rotatable bonds is 3. The second-order valence-electron chi connectivity index (χ2n) is 4.66. The van der Waals surface area contributed by atoms with E-state index in [9.17, 15) is 5.11 Å². The highest BCUT2D eigenvalue weighted by Gasteiger charge is 2.05. The van der Waals surface area contributed by atoms with Crippen LogP contribution in [0.1, 0.15) is 18.7 Å². The molecule has 1 atom stereocenters. The highest BCUT2D eigenvalue weighted by atomic mass is 16.3. The minimum Gasteiger partial charge on any atom is -0.387 e. The first-order valence-corrected chi connectivity index (χ1v) is 6.48. The molecule has 3 rings (SSSR count). The summed E-state index contributed by atoms with van der Waals surface area (Å²) in [5.74, 6) is 0. The summed E-state index contributed by atoms with van der Waals surface area (Å²) in [6.07, 6.45) is 4.96. The zero-order chi connectivity index (χ0) is 13.9. The fourth-order valence-corrected chi connectivity index (χ4v) is 2.02. The fourth-order valence-electron chi connectivity index (χ4n) is 2.02. The van der Waals surface area contributed by atoms with Gasteiger partial charge in [0.05, 0.1) is 29.9 Å². The maximum atomic E-state index is 9.45. The van der Waals surface area contributed by atoms with E-state index in [0.717, 1.165) is 16.8 Å². The highest BCUT2D eigenvalue weighted by molar-refractivity contribution is 5.61. The lowest BCUT2D eigenvalue weighted by Gasteiger charge is -2.05. The Labute approximate surface area is 117 Å². The van der Waals surface area contributed by atoms with Crippen molar-refractivity contribution in [3.8, 4) is 16.8 Å². The van der Waals surface area contributed by atoms with Crippen molar-refractivity contribution in [1.29, 1.82) is 0 Å². The van der Waals surface area contributed by atoms with Crippen molar-refractivity contribution in [2.45, 2.75) is 13.0 Å². The lowest BCUT2D eigenvalue weighted by atomic mass is 10.1. The van der Waals surface area contributed by atoms with E-state index in [1.807, 2.05) is 42.7 Å². The molecule has 0 aliphatic rings. The molecule has 0 amide bonds. The predicted molar refractivity (Wildman–Crippen MR) is 77.4 cm³/mol. The molecule has 0 saturated carbocycles. The summed E-state index contributed by atoms with van der Waals surface area (Å²) in [7, 11) is 0. The van der Waals surface area contributed by atoms with Crippen molar-refractivity contribution in [2.75, 3.05) is 0 Å². The number of nitrogens with zero attached hydrogens (tertiary/aromatic N) is 3. The highest BCUT2D eigenvalue weighted by Crippen LogP contribution is 2.19. The molecular weight excluding hydrogens is 250 g/mol. The molecule has 0 spiro atoms. The molecule has 4 nitrogen and oxygen atoms in total. The summed E-state index contributed by atoms with van der Waals surface area (Å²) in [5, 5.41) is 13.8. The summed E-state index contributed by atoms with van der Waals surface area (Å²) in [6, 6.07) is 13.8. The van der Waals surface area contributed by atoms with Crippen LogP contribution in [-0.4, -0.2) is 19.9 Å². The van der Waals surface area contributed by atoms with Crippen LogP contribution in [0.25, 0.3) is 16.8 Å². The van der Waals surface area contributed by atoms with Gasteiger partial charge in [-0.15, -0.1) is 0 Å². The van der Waals surface area contributed by atoms with E-state index in [2.05, 4.69) is 22.2 Å². The van der Waals surface area contributed by atoms with Crippen LogP contribution in [-0.2, 0) is 0 Å². The summed E-state index contributed by atoms with van der Waals surface area (Å²) in [6.45, 7) is 1.70. The molecule has 1 aromatic carbocycles. The predicted octanol–water partition coefficient (Wildman–Crippen LogP) is 2.99. The Morgan fingerprint density at radius 1 is 1.00 bits per heavy atom.